The zero-order chi connectivity index (χ0) is 15.5. The number of rotatable bonds is 4. The molecule has 0 amide bonds. The molecule has 2 aromatic rings. The quantitative estimate of drug-likeness (QED) is 0.929. The van der Waals surface area contributed by atoms with Crippen molar-refractivity contribution < 1.29 is 9.13 Å². The van der Waals surface area contributed by atoms with E-state index in [0.717, 1.165) is 5.69 Å². The molecule has 0 aliphatic heterocycles. The summed E-state index contributed by atoms with van der Waals surface area (Å²) in [5.74, 6) is 0.257. The van der Waals surface area contributed by atoms with Gasteiger partial charge in [-0.3, -0.25) is 0 Å². The molecule has 0 saturated carbocycles. The van der Waals surface area contributed by atoms with E-state index in [1.54, 1.807) is 6.07 Å². The standard InChI is InChI=1S/C15H17ClFN3O/c1-15(2,3)18-9-10-4-7-14(20-19-10)21-11-5-6-13(17)12(16)8-11/h4-8,18H,9H2,1-3H3. The van der Waals surface area contributed by atoms with Gasteiger partial charge in [-0.2, -0.15) is 5.10 Å². The lowest BCUT2D eigenvalue weighted by molar-refractivity contribution is 0.416. The lowest BCUT2D eigenvalue weighted by atomic mass is 10.1. The molecule has 0 aliphatic carbocycles. The molecule has 4 nitrogen and oxygen atoms in total. The van der Waals surface area contributed by atoms with E-state index in [0.29, 0.717) is 18.2 Å². The van der Waals surface area contributed by atoms with Crippen LogP contribution < -0.4 is 10.1 Å². The van der Waals surface area contributed by atoms with Crippen molar-refractivity contribution in [3.05, 3.63) is 46.9 Å². The molecule has 0 unspecified atom stereocenters. The minimum Gasteiger partial charge on any atom is -0.437 e. The van der Waals surface area contributed by atoms with Gasteiger partial charge in [0.2, 0.25) is 5.88 Å². The summed E-state index contributed by atoms with van der Waals surface area (Å²) in [6, 6.07) is 7.66. The molecule has 0 radical (unpaired) electrons. The number of aromatic nitrogens is 2. The molecule has 2 rings (SSSR count). The molecule has 1 heterocycles. The molecule has 0 aliphatic rings. The number of hydrogen-bond donors (Lipinski definition) is 1. The van der Waals surface area contributed by atoms with Crippen LogP contribution in [0.2, 0.25) is 5.02 Å². The zero-order valence-electron chi connectivity index (χ0n) is 12.2. The van der Waals surface area contributed by atoms with Crippen LogP contribution in [0.15, 0.2) is 30.3 Å². The lowest BCUT2D eigenvalue weighted by Crippen LogP contribution is -2.35. The number of nitrogens with one attached hydrogen (secondary N) is 1. The molecular formula is C15H17ClFN3O. The summed E-state index contributed by atoms with van der Waals surface area (Å²) >= 11 is 5.69. The van der Waals surface area contributed by atoms with Crippen molar-refractivity contribution >= 4 is 11.6 Å². The van der Waals surface area contributed by atoms with Gasteiger partial charge in [-0.05, 0) is 39.0 Å². The summed E-state index contributed by atoms with van der Waals surface area (Å²) in [6.45, 7) is 6.86. The minimum atomic E-state index is -0.487. The third-order valence-electron chi connectivity index (χ3n) is 2.61. The molecule has 1 aromatic heterocycles. The Morgan fingerprint density at radius 2 is 1.95 bits per heavy atom. The maximum absolute atomic E-state index is 13.0. The van der Waals surface area contributed by atoms with Crippen LogP contribution in [0.25, 0.3) is 0 Å². The van der Waals surface area contributed by atoms with Crippen LogP contribution in [0, 0.1) is 5.82 Å². The van der Waals surface area contributed by atoms with Gasteiger partial charge in [-0.25, -0.2) is 4.39 Å². The fourth-order valence-electron chi connectivity index (χ4n) is 1.51. The predicted molar refractivity (Wildman–Crippen MR) is 80.1 cm³/mol. The second-order valence-corrected chi connectivity index (χ2v) is 6.05. The normalized spacial score (nSPS) is 11.5. The van der Waals surface area contributed by atoms with Crippen molar-refractivity contribution in [3.8, 4) is 11.6 Å². The van der Waals surface area contributed by atoms with E-state index < -0.39 is 5.82 Å². The monoisotopic (exact) mass is 309 g/mol. The average molecular weight is 310 g/mol. The third kappa shape index (κ3) is 4.95. The highest BCUT2D eigenvalue weighted by Gasteiger charge is 2.09. The molecule has 1 N–H and O–H groups in total. The van der Waals surface area contributed by atoms with Crippen molar-refractivity contribution in [2.24, 2.45) is 0 Å². The first-order chi connectivity index (χ1) is 9.83. The first kappa shape index (κ1) is 15.7. The van der Waals surface area contributed by atoms with Gasteiger partial charge in [-0.1, -0.05) is 11.6 Å². The van der Waals surface area contributed by atoms with Gasteiger partial charge in [0.25, 0.3) is 0 Å². The van der Waals surface area contributed by atoms with Crippen molar-refractivity contribution in [1.82, 2.24) is 15.5 Å². The van der Waals surface area contributed by atoms with Crippen LogP contribution in [-0.4, -0.2) is 15.7 Å². The highest BCUT2D eigenvalue weighted by Crippen LogP contribution is 2.24. The van der Waals surface area contributed by atoms with Crippen LogP contribution in [0.1, 0.15) is 26.5 Å². The average Bonchev–Trinajstić information content (AvgIpc) is 2.41. The fraction of sp³-hybridized carbons (Fsp3) is 0.333. The lowest BCUT2D eigenvalue weighted by Gasteiger charge is -2.19. The fourth-order valence-corrected chi connectivity index (χ4v) is 1.68. The van der Waals surface area contributed by atoms with E-state index in [-0.39, 0.29) is 10.6 Å². The van der Waals surface area contributed by atoms with Gasteiger partial charge in [0.05, 0.1) is 10.7 Å². The first-order valence-electron chi connectivity index (χ1n) is 6.54. The van der Waals surface area contributed by atoms with E-state index in [9.17, 15) is 4.39 Å². The number of nitrogens with zero attached hydrogens (tertiary/aromatic N) is 2. The Labute approximate surface area is 128 Å². The maximum Gasteiger partial charge on any atom is 0.238 e. The number of halogens is 2. The van der Waals surface area contributed by atoms with Gasteiger partial charge < -0.3 is 10.1 Å². The second-order valence-electron chi connectivity index (χ2n) is 5.64. The number of benzene rings is 1. The van der Waals surface area contributed by atoms with Gasteiger partial charge in [-0.15, -0.1) is 5.10 Å². The smallest absolute Gasteiger partial charge is 0.238 e. The zero-order valence-corrected chi connectivity index (χ0v) is 12.9. The van der Waals surface area contributed by atoms with Crippen LogP contribution in [-0.2, 0) is 6.54 Å². The molecular weight excluding hydrogens is 293 g/mol. The summed E-state index contributed by atoms with van der Waals surface area (Å²) in [5.41, 5.74) is 0.830. The van der Waals surface area contributed by atoms with Gasteiger partial charge in [0, 0.05) is 24.2 Å². The van der Waals surface area contributed by atoms with Gasteiger partial charge >= 0.3 is 0 Å². The van der Waals surface area contributed by atoms with Gasteiger partial charge in [0.1, 0.15) is 11.6 Å². The van der Waals surface area contributed by atoms with E-state index in [4.69, 9.17) is 16.3 Å². The van der Waals surface area contributed by atoms with Crippen LogP contribution in [0.4, 0.5) is 4.39 Å². The van der Waals surface area contributed by atoms with E-state index in [1.165, 1.54) is 18.2 Å². The Morgan fingerprint density at radius 1 is 1.19 bits per heavy atom. The largest absolute Gasteiger partial charge is 0.437 e. The molecule has 0 spiro atoms. The SMILES string of the molecule is CC(C)(C)NCc1ccc(Oc2ccc(F)c(Cl)c2)nn1. The summed E-state index contributed by atoms with van der Waals surface area (Å²) < 4.78 is 18.5. The maximum atomic E-state index is 13.0. The van der Waals surface area contributed by atoms with Crippen LogP contribution in [0.5, 0.6) is 11.6 Å². The topological polar surface area (TPSA) is 47.0 Å². The van der Waals surface area contributed by atoms with Crippen molar-refractivity contribution in [1.29, 1.82) is 0 Å². The van der Waals surface area contributed by atoms with Crippen molar-refractivity contribution in [2.45, 2.75) is 32.9 Å². The Balaban J connectivity index is 2.00. The van der Waals surface area contributed by atoms with Crippen LogP contribution in [0.3, 0.4) is 0 Å². The molecule has 0 saturated heterocycles. The summed E-state index contributed by atoms with van der Waals surface area (Å²) in [4.78, 5) is 0. The molecule has 6 heteroatoms. The predicted octanol–water partition coefficient (Wildman–Crippen LogP) is 3.95. The molecule has 0 bridgehead atoms. The molecule has 1 aromatic carbocycles. The van der Waals surface area contributed by atoms with E-state index in [2.05, 4.69) is 36.3 Å². The number of hydrogen-bond acceptors (Lipinski definition) is 4. The highest BCUT2D eigenvalue weighted by molar-refractivity contribution is 6.30. The molecule has 0 fully saturated rings. The Hall–Kier alpha value is -1.72. The minimum absolute atomic E-state index is 0.00598. The van der Waals surface area contributed by atoms with Gasteiger partial charge in [0.15, 0.2) is 0 Å². The van der Waals surface area contributed by atoms with E-state index >= 15 is 0 Å². The third-order valence-corrected chi connectivity index (χ3v) is 2.90. The first-order valence-corrected chi connectivity index (χ1v) is 6.92. The summed E-state index contributed by atoms with van der Waals surface area (Å²) in [5, 5.41) is 11.4. The second kappa shape index (κ2) is 6.37. The Kier molecular flexibility index (Phi) is 4.75. The van der Waals surface area contributed by atoms with Crippen molar-refractivity contribution in [2.75, 3.05) is 0 Å². The molecule has 0 atom stereocenters. The molecule has 112 valence electrons. The highest BCUT2D eigenvalue weighted by atomic mass is 35.5. The molecule has 21 heavy (non-hydrogen) atoms. The Morgan fingerprint density at radius 3 is 2.52 bits per heavy atom. The summed E-state index contributed by atoms with van der Waals surface area (Å²) in [6.07, 6.45) is 0. The summed E-state index contributed by atoms with van der Waals surface area (Å²) in [7, 11) is 0. The van der Waals surface area contributed by atoms with Crippen LogP contribution >= 0.6 is 11.6 Å². The number of ether oxygens (including phenoxy) is 1. The van der Waals surface area contributed by atoms with E-state index in [1.807, 2.05) is 6.07 Å². The van der Waals surface area contributed by atoms with Crippen molar-refractivity contribution in [3.63, 3.8) is 0 Å². The Bertz CT molecular complexity index is 611.